The summed E-state index contributed by atoms with van der Waals surface area (Å²) >= 11 is 0. The second-order valence-electron chi connectivity index (χ2n) is 5.01. The SMILES string of the molecule is CC(C)CNC(=O)N/C=C/C1CCCCC1. The Balaban J connectivity index is 2.12. The zero-order valence-electron chi connectivity index (χ0n) is 10.5. The van der Waals surface area contributed by atoms with Crippen molar-refractivity contribution in [2.45, 2.75) is 46.0 Å². The Morgan fingerprint density at radius 2 is 2.00 bits per heavy atom. The highest BCUT2D eigenvalue weighted by Gasteiger charge is 2.09. The van der Waals surface area contributed by atoms with Crippen molar-refractivity contribution >= 4 is 6.03 Å². The Morgan fingerprint density at radius 1 is 1.31 bits per heavy atom. The fourth-order valence-electron chi connectivity index (χ4n) is 1.93. The Bertz CT molecular complexity index is 230. The van der Waals surface area contributed by atoms with Crippen LogP contribution in [0.4, 0.5) is 4.79 Å². The van der Waals surface area contributed by atoms with Gasteiger partial charge in [-0.2, -0.15) is 0 Å². The molecule has 0 heterocycles. The van der Waals surface area contributed by atoms with Crippen LogP contribution in [0.3, 0.4) is 0 Å². The third-order valence-corrected chi connectivity index (χ3v) is 2.90. The fourth-order valence-corrected chi connectivity index (χ4v) is 1.93. The van der Waals surface area contributed by atoms with Gasteiger partial charge in [-0.1, -0.05) is 39.2 Å². The summed E-state index contributed by atoms with van der Waals surface area (Å²) in [4.78, 5) is 11.3. The molecule has 16 heavy (non-hydrogen) atoms. The lowest BCUT2D eigenvalue weighted by Gasteiger charge is -2.17. The van der Waals surface area contributed by atoms with Crippen LogP contribution >= 0.6 is 0 Å². The van der Waals surface area contributed by atoms with Crippen LogP contribution in [0, 0.1) is 11.8 Å². The molecule has 92 valence electrons. The minimum Gasteiger partial charge on any atom is -0.338 e. The molecule has 0 bridgehead atoms. The van der Waals surface area contributed by atoms with E-state index in [0.717, 1.165) is 6.54 Å². The van der Waals surface area contributed by atoms with E-state index in [4.69, 9.17) is 0 Å². The number of carbonyl (C=O) groups excluding carboxylic acids is 1. The standard InChI is InChI=1S/C13H24N2O/c1-11(2)10-15-13(16)14-9-8-12-6-4-3-5-7-12/h8-9,11-12H,3-7,10H2,1-2H3,(H2,14,15,16)/b9-8+. The summed E-state index contributed by atoms with van der Waals surface area (Å²) < 4.78 is 0. The summed E-state index contributed by atoms with van der Waals surface area (Å²) in [6.07, 6.45) is 10.5. The molecule has 0 unspecified atom stereocenters. The van der Waals surface area contributed by atoms with Gasteiger partial charge >= 0.3 is 6.03 Å². The highest BCUT2D eigenvalue weighted by atomic mass is 16.2. The quantitative estimate of drug-likeness (QED) is 0.757. The van der Waals surface area contributed by atoms with E-state index >= 15 is 0 Å². The summed E-state index contributed by atoms with van der Waals surface area (Å²) in [5.41, 5.74) is 0. The van der Waals surface area contributed by atoms with E-state index in [2.05, 4.69) is 30.6 Å². The number of nitrogens with one attached hydrogen (secondary N) is 2. The first-order valence-electron chi connectivity index (χ1n) is 6.39. The van der Waals surface area contributed by atoms with E-state index in [1.165, 1.54) is 32.1 Å². The monoisotopic (exact) mass is 224 g/mol. The van der Waals surface area contributed by atoms with Gasteiger partial charge in [0.05, 0.1) is 0 Å². The van der Waals surface area contributed by atoms with E-state index in [1.54, 1.807) is 6.20 Å². The fraction of sp³-hybridized carbons (Fsp3) is 0.769. The van der Waals surface area contributed by atoms with Gasteiger partial charge in [-0.15, -0.1) is 0 Å². The maximum absolute atomic E-state index is 11.3. The summed E-state index contributed by atoms with van der Waals surface area (Å²) in [6, 6.07) is -0.0965. The number of urea groups is 1. The molecule has 0 aliphatic heterocycles. The summed E-state index contributed by atoms with van der Waals surface area (Å²) in [6.45, 7) is 4.89. The second kappa shape index (κ2) is 7.31. The van der Waals surface area contributed by atoms with Crippen molar-refractivity contribution in [3.05, 3.63) is 12.3 Å². The van der Waals surface area contributed by atoms with Gasteiger partial charge in [0.15, 0.2) is 0 Å². The molecule has 3 nitrogen and oxygen atoms in total. The molecule has 1 rings (SSSR count). The van der Waals surface area contributed by atoms with Crippen molar-refractivity contribution in [3.63, 3.8) is 0 Å². The normalized spacial score (nSPS) is 17.9. The van der Waals surface area contributed by atoms with Crippen LogP contribution in [0.2, 0.25) is 0 Å². The molecule has 0 radical (unpaired) electrons. The molecular formula is C13H24N2O. The number of hydrogen-bond donors (Lipinski definition) is 2. The highest BCUT2D eigenvalue weighted by Crippen LogP contribution is 2.24. The molecule has 3 heteroatoms. The molecular weight excluding hydrogens is 200 g/mol. The average molecular weight is 224 g/mol. The third-order valence-electron chi connectivity index (χ3n) is 2.90. The number of rotatable bonds is 4. The lowest BCUT2D eigenvalue weighted by atomic mass is 9.89. The van der Waals surface area contributed by atoms with Crippen molar-refractivity contribution < 1.29 is 4.79 Å². The van der Waals surface area contributed by atoms with Gasteiger partial charge in [0.2, 0.25) is 0 Å². The van der Waals surface area contributed by atoms with Crippen LogP contribution in [-0.4, -0.2) is 12.6 Å². The lowest BCUT2D eigenvalue weighted by molar-refractivity contribution is 0.242. The molecule has 1 aliphatic carbocycles. The minimum atomic E-state index is -0.0965. The average Bonchev–Trinajstić information content (AvgIpc) is 2.28. The molecule has 1 aliphatic rings. The zero-order valence-corrected chi connectivity index (χ0v) is 10.5. The van der Waals surface area contributed by atoms with Gasteiger partial charge in [-0.05, 0) is 24.7 Å². The van der Waals surface area contributed by atoms with E-state index in [-0.39, 0.29) is 6.03 Å². The first-order valence-corrected chi connectivity index (χ1v) is 6.39. The Labute approximate surface area is 98.7 Å². The lowest BCUT2D eigenvalue weighted by Crippen LogP contribution is -2.34. The van der Waals surface area contributed by atoms with Crippen LogP contribution in [-0.2, 0) is 0 Å². The number of carbonyl (C=O) groups is 1. The second-order valence-corrected chi connectivity index (χ2v) is 5.01. The Kier molecular flexibility index (Phi) is 5.98. The summed E-state index contributed by atoms with van der Waals surface area (Å²) in [5, 5.41) is 5.57. The molecule has 0 saturated heterocycles. The molecule has 1 fully saturated rings. The summed E-state index contributed by atoms with van der Waals surface area (Å²) in [7, 11) is 0. The van der Waals surface area contributed by atoms with Crippen molar-refractivity contribution in [2.24, 2.45) is 11.8 Å². The molecule has 0 aromatic heterocycles. The van der Waals surface area contributed by atoms with E-state index in [9.17, 15) is 4.79 Å². The number of amides is 2. The smallest absolute Gasteiger partial charge is 0.318 e. The topological polar surface area (TPSA) is 41.1 Å². The highest BCUT2D eigenvalue weighted by molar-refractivity contribution is 5.74. The molecule has 0 aromatic rings. The summed E-state index contributed by atoms with van der Waals surface area (Å²) in [5.74, 6) is 1.16. The van der Waals surface area contributed by atoms with Crippen LogP contribution in [0.1, 0.15) is 46.0 Å². The number of allylic oxidation sites excluding steroid dienone is 1. The van der Waals surface area contributed by atoms with Crippen molar-refractivity contribution in [1.82, 2.24) is 10.6 Å². The van der Waals surface area contributed by atoms with Crippen LogP contribution < -0.4 is 10.6 Å². The van der Waals surface area contributed by atoms with Crippen molar-refractivity contribution in [3.8, 4) is 0 Å². The van der Waals surface area contributed by atoms with Gasteiger partial charge < -0.3 is 10.6 Å². The largest absolute Gasteiger partial charge is 0.338 e. The Hall–Kier alpha value is -0.990. The molecule has 2 N–H and O–H groups in total. The van der Waals surface area contributed by atoms with Gasteiger partial charge in [-0.3, -0.25) is 0 Å². The van der Waals surface area contributed by atoms with Crippen molar-refractivity contribution in [2.75, 3.05) is 6.54 Å². The zero-order chi connectivity index (χ0) is 11.8. The molecule has 0 spiro atoms. The minimum absolute atomic E-state index is 0.0965. The van der Waals surface area contributed by atoms with Gasteiger partial charge in [0.1, 0.15) is 0 Å². The Morgan fingerprint density at radius 3 is 2.62 bits per heavy atom. The van der Waals surface area contributed by atoms with Gasteiger partial charge in [0, 0.05) is 12.7 Å². The molecule has 2 amide bonds. The first-order chi connectivity index (χ1) is 7.68. The van der Waals surface area contributed by atoms with Gasteiger partial charge in [-0.25, -0.2) is 4.79 Å². The van der Waals surface area contributed by atoms with Crippen molar-refractivity contribution in [1.29, 1.82) is 0 Å². The molecule has 1 saturated carbocycles. The molecule has 0 aromatic carbocycles. The molecule has 0 atom stereocenters. The van der Waals surface area contributed by atoms with Crippen LogP contribution in [0.15, 0.2) is 12.3 Å². The first kappa shape index (κ1) is 13.1. The third kappa shape index (κ3) is 5.79. The predicted molar refractivity (Wildman–Crippen MR) is 67.1 cm³/mol. The van der Waals surface area contributed by atoms with E-state index in [0.29, 0.717) is 11.8 Å². The number of hydrogen-bond acceptors (Lipinski definition) is 1. The van der Waals surface area contributed by atoms with E-state index < -0.39 is 0 Å². The van der Waals surface area contributed by atoms with E-state index in [1.807, 2.05) is 0 Å². The maximum Gasteiger partial charge on any atom is 0.318 e. The van der Waals surface area contributed by atoms with Gasteiger partial charge in [0.25, 0.3) is 0 Å². The van der Waals surface area contributed by atoms with Crippen LogP contribution in [0.25, 0.3) is 0 Å². The predicted octanol–water partition coefficient (Wildman–Crippen LogP) is 3.04. The van der Waals surface area contributed by atoms with Crippen LogP contribution in [0.5, 0.6) is 0 Å². The maximum atomic E-state index is 11.3.